The molecule has 13 heavy (non-hydrogen) atoms. The van der Waals surface area contributed by atoms with Gasteiger partial charge in [-0.3, -0.25) is 10.1 Å². The van der Waals surface area contributed by atoms with Crippen molar-refractivity contribution >= 4 is 5.91 Å². The maximum absolute atomic E-state index is 11.6. The monoisotopic (exact) mass is 180 g/mol. The van der Waals surface area contributed by atoms with Crippen LogP contribution in [-0.2, 0) is 10.3 Å². The Balaban J connectivity index is 2.33. The molecule has 4 nitrogen and oxygen atoms in total. The lowest BCUT2D eigenvalue weighted by atomic mass is 9.96. The predicted molar refractivity (Wildman–Crippen MR) is 47.1 cm³/mol. The van der Waals surface area contributed by atoms with Crippen LogP contribution < -0.4 is 10.6 Å². The lowest BCUT2D eigenvalue weighted by Crippen LogP contribution is -2.59. The summed E-state index contributed by atoms with van der Waals surface area (Å²) in [6, 6.07) is 3.59. The highest BCUT2D eigenvalue weighted by Gasteiger charge is 2.39. The first-order valence-corrected chi connectivity index (χ1v) is 4.31. The summed E-state index contributed by atoms with van der Waals surface area (Å²) in [7, 11) is 0. The van der Waals surface area contributed by atoms with Gasteiger partial charge >= 0.3 is 0 Å². The topological polar surface area (TPSA) is 54.3 Å². The summed E-state index contributed by atoms with van der Waals surface area (Å²) in [4.78, 5) is 11.6. The van der Waals surface area contributed by atoms with Gasteiger partial charge in [0.05, 0.1) is 6.26 Å². The first-order valence-electron chi connectivity index (χ1n) is 4.31. The molecule has 1 aliphatic rings. The lowest BCUT2D eigenvalue weighted by molar-refractivity contribution is -0.129. The molecule has 2 heterocycles. The largest absolute Gasteiger partial charge is 0.467 e. The Morgan fingerprint density at radius 3 is 3.00 bits per heavy atom. The van der Waals surface area contributed by atoms with Gasteiger partial charge in [0.25, 0.3) is 0 Å². The summed E-state index contributed by atoms with van der Waals surface area (Å²) in [5.74, 6) is 0.624. The molecule has 0 spiro atoms. The second kappa shape index (κ2) is 2.88. The van der Waals surface area contributed by atoms with Crippen LogP contribution in [0.1, 0.15) is 12.7 Å². The number of piperazine rings is 1. The van der Waals surface area contributed by atoms with Crippen molar-refractivity contribution < 1.29 is 9.21 Å². The molecule has 0 aromatic carbocycles. The average Bonchev–Trinajstić information content (AvgIpc) is 2.63. The van der Waals surface area contributed by atoms with Gasteiger partial charge in [0, 0.05) is 13.1 Å². The van der Waals surface area contributed by atoms with Crippen molar-refractivity contribution in [1.29, 1.82) is 0 Å². The molecule has 0 radical (unpaired) electrons. The van der Waals surface area contributed by atoms with Gasteiger partial charge in [-0.05, 0) is 19.1 Å². The smallest absolute Gasteiger partial charge is 0.247 e. The van der Waals surface area contributed by atoms with Gasteiger partial charge in [-0.2, -0.15) is 0 Å². The quantitative estimate of drug-likeness (QED) is 0.649. The normalized spacial score (nSPS) is 28.5. The Kier molecular flexibility index (Phi) is 1.84. The van der Waals surface area contributed by atoms with E-state index in [4.69, 9.17) is 4.42 Å². The summed E-state index contributed by atoms with van der Waals surface area (Å²) in [5, 5.41) is 5.94. The highest BCUT2D eigenvalue weighted by atomic mass is 16.3. The summed E-state index contributed by atoms with van der Waals surface area (Å²) >= 11 is 0. The van der Waals surface area contributed by atoms with Crippen molar-refractivity contribution in [2.24, 2.45) is 0 Å². The number of nitrogens with one attached hydrogen (secondary N) is 2. The van der Waals surface area contributed by atoms with E-state index in [1.165, 1.54) is 0 Å². The van der Waals surface area contributed by atoms with Crippen molar-refractivity contribution in [3.8, 4) is 0 Å². The van der Waals surface area contributed by atoms with E-state index in [2.05, 4.69) is 10.6 Å². The maximum Gasteiger partial charge on any atom is 0.247 e. The molecular weight excluding hydrogens is 168 g/mol. The second-order valence-corrected chi connectivity index (χ2v) is 3.28. The maximum atomic E-state index is 11.6. The Labute approximate surface area is 76.3 Å². The number of amides is 1. The molecule has 0 aliphatic carbocycles. The van der Waals surface area contributed by atoms with Crippen LogP contribution in [0.5, 0.6) is 0 Å². The zero-order chi connectivity index (χ0) is 9.31. The molecule has 1 atom stereocenters. The van der Waals surface area contributed by atoms with Gasteiger partial charge in [-0.15, -0.1) is 0 Å². The zero-order valence-electron chi connectivity index (χ0n) is 7.46. The molecule has 1 unspecified atom stereocenters. The van der Waals surface area contributed by atoms with Crippen molar-refractivity contribution in [2.75, 3.05) is 13.1 Å². The Hall–Kier alpha value is -1.29. The van der Waals surface area contributed by atoms with Gasteiger partial charge < -0.3 is 9.73 Å². The van der Waals surface area contributed by atoms with Gasteiger partial charge in [0.15, 0.2) is 5.54 Å². The number of hydrogen-bond acceptors (Lipinski definition) is 3. The van der Waals surface area contributed by atoms with E-state index in [1.54, 1.807) is 18.4 Å². The molecule has 1 fully saturated rings. The molecule has 1 aromatic heterocycles. The van der Waals surface area contributed by atoms with Crippen LogP contribution in [0.15, 0.2) is 22.8 Å². The van der Waals surface area contributed by atoms with Crippen molar-refractivity contribution in [3.63, 3.8) is 0 Å². The minimum atomic E-state index is -0.707. The van der Waals surface area contributed by atoms with Crippen LogP contribution in [0.25, 0.3) is 0 Å². The first-order chi connectivity index (χ1) is 6.23. The third kappa shape index (κ3) is 1.23. The van der Waals surface area contributed by atoms with Gasteiger partial charge in [-0.25, -0.2) is 0 Å². The molecule has 1 amide bonds. The van der Waals surface area contributed by atoms with Crippen molar-refractivity contribution in [3.05, 3.63) is 24.2 Å². The summed E-state index contributed by atoms with van der Waals surface area (Å²) in [5.41, 5.74) is -0.707. The summed E-state index contributed by atoms with van der Waals surface area (Å²) < 4.78 is 5.22. The Morgan fingerprint density at radius 2 is 2.38 bits per heavy atom. The molecule has 1 aliphatic heterocycles. The fourth-order valence-corrected chi connectivity index (χ4v) is 1.51. The van der Waals surface area contributed by atoms with Crippen LogP contribution >= 0.6 is 0 Å². The number of hydrogen-bond donors (Lipinski definition) is 2. The van der Waals surface area contributed by atoms with Crippen LogP contribution in [-0.4, -0.2) is 19.0 Å². The molecule has 1 saturated heterocycles. The van der Waals surface area contributed by atoms with Gasteiger partial charge in [-0.1, -0.05) is 0 Å². The van der Waals surface area contributed by atoms with Crippen LogP contribution in [0.3, 0.4) is 0 Å². The molecule has 1 aromatic rings. The summed E-state index contributed by atoms with van der Waals surface area (Å²) in [6.07, 6.45) is 1.57. The highest BCUT2D eigenvalue weighted by Crippen LogP contribution is 2.22. The van der Waals surface area contributed by atoms with E-state index >= 15 is 0 Å². The molecule has 4 heteroatoms. The van der Waals surface area contributed by atoms with Crippen LogP contribution in [0.2, 0.25) is 0 Å². The van der Waals surface area contributed by atoms with Crippen molar-refractivity contribution in [1.82, 2.24) is 10.6 Å². The third-order valence-electron chi connectivity index (χ3n) is 2.36. The molecule has 0 bridgehead atoms. The van der Waals surface area contributed by atoms with E-state index in [1.807, 2.05) is 6.92 Å². The van der Waals surface area contributed by atoms with E-state index in [0.29, 0.717) is 12.3 Å². The average molecular weight is 180 g/mol. The van der Waals surface area contributed by atoms with Crippen molar-refractivity contribution in [2.45, 2.75) is 12.5 Å². The van der Waals surface area contributed by atoms with E-state index in [9.17, 15) is 4.79 Å². The summed E-state index contributed by atoms with van der Waals surface area (Å²) in [6.45, 7) is 3.26. The fraction of sp³-hybridized carbons (Fsp3) is 0.444. The number of carbonyl (C=O) groups is 1. The molecule has 70 valence electrons. The lowest BCUT2D eigenvalue weighted by Gasteiger charge is -2.31. The molecule has 0 saturated carbocycles. The van der Waals surface area contributed by atoms with E-state index in [0.717, 1.165) is 6.54 Å². The minimum Gasteiger partial charge on any atom is -0.467 e. The molecular formula is C9H12N2O2. The predicted octanol–water partition coefficient (Wildman–Crippen LogP) is 0.214. The van der Waals surface area contributed by atoms with Crippen LogP contribution in [0.4, 0.5) is 0 Å². The van der Waals surface area contributed by atoms with E-state index in [-0.39, 0.29) is 5.91 Å². The Bertz CT molecular complexity index is 307. The number of rotatable bonds is 1. The van der Waals surface area contributed by atoms with Gasteiger partial charge in [0.1, 0.15) is 5.76 Å². The number of furan rings is 1. The van der Waals surface area contributed by atoms with Crippen LogP contribution in [0, 0.1) is 0 Å². The number of carbonyl (C=O) groups excluding carboxylic acids is 1. The Morgan fingerprint density at radius 1 is 1.54 bits per heavy atom. The minimum absolute atomic E-state index is 0.0336. The standard InChI is InChI=1S/C9H12N2O2/c1-9(7-3-2-6-13-7)8(12)10-4-5-11-9/h2-3,6,11H,4-5H2,1H3,(H,10,12). The zero-order valence-corrected chi connectivity index (χ0v) is 7.46. The van der Waals surface area contributed by atoms with Gasteiger partial charge in [0.2, 0.25) is 5.91 Å². The highest BCUT2D eigenvalue weighted by molar-refractivity contribution is 5.87. The third-order valence-corrected chi connectivity index (χ3v) is 2.36. The molecule has 2 rings (SSSR count). The molecule has 2 N–H and O–H groups in total. The second-order valence-electron chi connectivity index (χ2n) is 3.28. The fourth-order valence-electron chi connectivity index (χ4n) is 1.51. The SMILES string of the molecule is CC1(c2ccco2)NCCNC1=O. The first kappa shape index (κ1) is 8.31. The van der Waals surface area contributed by atoms with E-state index < -0.39 is 5.54 Å².